The summed E-state index contributed by atoms with van der Waals surface area (Å²) in [5.41, 5.74) is 5.01. The van der Waals surface area contributed by atoms with Crippen LogP contribution in [0.25, 0.3) is 6.08 Å². The average molecular weight is 695 g/mol. The molecular weight excluding hydrogens is 658 g/mol. The summed E-state index contributed by atoms with van der Waals surface area (Å²) in [5, 5.41) is 3.71. The highest BCUT2D eigenvalue weighted by Gasteiger charge is 2.19. The van der Waals surface area contributed by atoms with Crippen LogP contribution in [0.2, 0.25) is 5.02 Å². The van der Waals surface area contributed by atoms with Crippen molar-refractivity contribution < 1.29 is 23.0 Å². The molecule has 0 bridgehead atoms. The minimum absolute atomic E-state index is 0.0364. The van der Waals surface area contributed by atoms with Crippen LogP contribution in [0.15, 0.2) is 115 Å². The number of halogens is 3. The first-order valence-electron chi connectivity index (χ1n) is 16.4. The number of benzene rings is 4. The number of carbonyl (C=O) groups excluding carboxylic acids is 1. The highest BCUT2D eigenvalue weighted by Crippen LogP contribution is 2.30. The van der Waals surface area contributed by atoms with Gasteiger partial charge in [0, 0.05) is 57.1 Å². The molecule has 1 aromatic heterocycles. The third-order valence-corrected chi connectivity index (χ3v) is 8.61. The lowest BCUT2D eigenvalue weighted by molar-refractivity contribution is -0.127. The number of nitrogens with zero attached hydrogens (tertiary/aromatic N) is 3. The van der Waals surface area contributed by atoms with E-state index in [1.54, 1.807) is 66.9 Å². The summed E-state index contributed by atoms with van der Waals surface area (Å²) in [6, 6.07) is 29.9. The first kappa shape index (κ1) is 34.6. The van der Waals surface area contributed by atoms with Crippen molar-refractivity contribution in [3.8, 4) is 17.4 Å². The highest BCUT2D eigenvalue weighted by molar-refractivity contribution is 6.32. The summed E-state index contributed by atoms with van der Waals surface area (Å²) in [5.74, 6) is 0.774. The van der Waals surface area contributed by atoms with Crippen LogP contribution in [0.5, 0.6) is 17.4 Å². The summed E-state index contributed by atoms with van der Waals surface area (Å²) < 4.78 is 37.7. The van der Waals surface area contributed by atoms with Crippen LogP contribution in [0.4, 0.5) is 14.5 Å². The van der Waals surface area contributed by atoms with Crippen molar-refractivity contribution in [3.63, 3.8) is 0 Å². The summed E-state index contributed by atoms with van der Waals surface area (Å²) in [7, 11) is 0. The molecule has 1 fully saturated rings. The number of anilines is 1. The molecule has 1 aliphatic heterocycles. The molecule has 1 amide bonds. The highest BCUT2D eigenvalue weighted by atomic mass is 35.5. The van der Waals surface area contributed by atoms with Crippen molar-refractivity contribution >= 4 is 29.3 Å². The van der Waals surface area contributed by atoms with Crippen LogP contribution in [-0.4, -0.2) is 53.4 Å². The van der Waals surface area contributed by atoms with Crippen molar-refractivity contribution in [1.29, 1.82) is 0 Å². The van der Waals surface area contributed by atoms with E-state index in [4.69, 9.17) is 21.1 Å². The zero-order chi connectivity index (χ0) is 34.7. The Hall–Kier alpha value is -5.25. The molecule has 0 aliphatic carbocycles. The van der Waals surface area contributed by atoms with Crippen molar-refractivity contribution in [3.05, 3.63) is 154 Å². The number of carbonyl (C=O) groups is 1. The van der Waals surface area contributed by atoms with E-state index in [1.165, 1.54) is 35.4 Å². The molecule has 7 nitrogen and oxygen atoms in total. The predicted octanol–water partition coefficient (Wildman–Crippen LogP) is 8.40. The van der Waals surface area contributed by atoms with Gasteiger partial charge in [-0.1, -0.05) is 54.1 Å². The van der Waals surface area contributed by atoms with E-state index >= 15 is 0 Å². The third kappa shape index (κ3) is 10.1. The van der Waals surface area contributed by atoms with Gasteiger partial charge in [0.05, 0.1) is 11.2 Å². The van der Waals surface area contributed by atoms with E-state index < -0.39 is 0 Å². The number of aromatic nitrogens is 1. The smallest absolute Gasteiger partial charge is 0.246 e. The Morgan fingerprint density at radius 3 is 2.18 bits per heavy atom. The first-order valence-corrected chi connectivity index (χ1v) is 16.8. The van der Waals surface area contributed by atoms with Crippen LogP contribution < -0.4 is 14.8 Å². The van der Waals surface area contributed by atoms with E-state index in [0.29, 0.717) is 42.1 Å². The Kier molecular flexibility index (Phi) is 11.7. The number of pyridine rings is 1. The van der Waals surface area contributed by atoms with Crippen molar-refractivity contribution in [2.45, 2.75) is 19.6 Å². The fraction of sp³-hybridized carbons (Fsp3) is 0.200. The Morgan fingerprint density at radius 1 is 0.820 bits per heavy atom. The molecule has 5 aromatic rings. The summed E-state index contributed by atoms with van der Waals surface area (Å²) in [6.45, 7) is 4.82. The Morgan fingerprint density at radius 2 is 1.50 bits per heavy atom. The maximum atomic E-state index is 13.1. The second-order valence-corrected chi connectivity index (χ2v) is 12.4. The molecule has 50 heavy (non-hydrogen) atoms. The van der Waals surface area contributed by atoms with Gasteiger partial charge in [0.25, 0.3) is 0 Å². The van der Waals surface area contributed by atoms with Gasteiger partial charge in [-0.2, -0.15) is 0 Å². The number of rotatable bonds is 13. The number of amides is 1. The van der Waals surface area contributed by atoms with E-state index in [-0.39, 0.29) is 17.5 Å². The van der Waals surface area contributed by atoms with Crippen LogP contribution in [-0.2, 0) is 24.4 Å². The Labute approximate surface area is 295 Å². The third-order valence-electron chi connectivity index (χ3n) is 8.32. The van der Waals surface area contributed by atoms with Gasteiger partial charge in [0.15, 0.2) is 0 Å². The molecular formula is C40H37ClF2N4O3. The molecule has 4 aromatic carbocycles. The molecule has 0 radical (unpaired) electrons. The molecule has 256 valence electrons. The van der Waals surface area contributed by atoms with Crippen molar-refractivity contribution in [1.82, 2.24) is 14.8 Å². The molecule has 0 atom stereocenters. The van der Waals surface area contributed by atoms with Crippen LogP contribution in [0.1, 0.15) is 22.3 Å². The normalized spacial score (nSPS) is 13.4. The largest absolute Gasteiger partial charge is 0.487 e. The molecule has 0 unspecified atom stereocenters. The van der Waals surface area contributed by atoms with Gasteiger partial charge in [-0.25, -0.2) is 13.8 Å². The number of nitrogens with one attached hydrogen (secondary N) is 1. The average Bonchev–Trinajstić information content (AvgIpc) is 3.14. The number of hydrogen-bond acceptors (Lipinski definition) is 6. The number of ether oxygens (including phenoxy) is 2. The van der Waals surface area contributed by atoms with Gasteiger partial charge in [0.2, 0.25) is 11.8 Å². The van der Waals surface area contributed by atoms with Gasteiger partial charge in [-0.15, -0.1) is 0 Å². The van der Waals surface area contributed by atoms with Gasteiger partial charge in [0.1, 0.15) is 29.7 Å². The van der Waals surface area contributed by atoms with Crippen molar-refractivity contribution in [2.24, 2.45) is 0 Å². The second-order valence-electron chi connectivity index (χ2n) is 12.0. The lowest BCUT2D eigenvalue weighted by Gasteiger charge is -2.34. The van der Waals surface area contributed by atoms with Gasteiger partial charge in [-0.05, 0) is 89.3 Å². The minimum atomic E-state index is -0.292. The lowest BCUT2D eigenvalue weighted by atomic mass is 10.1. The van der Waals surface area contributed by atoms with Crippen LogP contribution in [0, 0.1) is 11.6 Å². The molecule has 2 heterocycles. The molecule has 1 saturated heterocycles. The molecule has 0 spiro atoms. The van der Waals surface area contributed by atoms with E-state index in [9.17, 15) is 13.6 Å². The number of piperazine rings is 1. The fourth-order valence-corrected chi connectivity index (χ4v) is 5.69. The maximum Gasteiger partial charge on any atom is 0.246 e. The number of hydrogen-bond donors (Lipinski definition) is 1. The van der Waals surface area contributed by atoms with Crippen molar-refractivity contribution in [2.75, 3.05) is 38.0 Å². The minimum Gasteiger partial charge on any atom is -0.487 e. The summed E-state index contributed by atoms with van der Waals surface area (Å²) >= 11 is 6.49. The fourth-order valence-electron chi connectivity index (χ4n) is 5.46. The topological polar surface area (TPSA) is 66.9 Å². The Bertz CT molecular complexity index is 1880. The summed E-state index contributed by atoms with van der Waals surface area (Å²) in [6.07, 6.45) is 5.76. The SMILES string of the molecule is O=C(/C=C/c1ccc(Oc2ccc(OCc3ccc(F)cc3)cn2)c(Cl)c1)N1CCN(Cc2ccc(CCNc3ccc(F)cc3)cc2)CC1. The van der Waals surface area contributed by atoms with E-state index in [2.05, 4.69) is 39.5 Å². The predicted molar refractivity (Wildman–Crippen MR) is 192 cm³/mol. The standard InChI is InChI=1S/C40H37ClF2N4O3/c41-37-25-30(7-16-38(37)50-39-17-15-36(26-45-39)49-28-32-5-9-33(42)10-6-32)8-18-40(48)47-23-21-46(22-24-47)27-31-3-1-29(2-4-31)19-20-44-35-13-11-34(43)12-14-35/h1-18,25-26,44H,19-24,27-28H2/b18-8+. The van der Waals surface area contributed by atoms with Gasteiger partial charge < -0.3 is 19.7 Å². The van der Waals surface area contributed by atoms with E-state index in [1.807, 2.05) is 11.0 Å². The lowest BCUT2D eigenvalue weighted by Crippen LogP contribution is -2.47. The molecule has 1 aliphatic rings. The monoisotopic (exact) mass is 694 g/mol. The zero-order valence-electron chi connectivity index (χ0n) is 27.4. The molecule has 6 rings (SSSR count). The van der Waals surface area contributed by atoms with Crippen LogP contribution >= 0.6 is 11.6 Å². The van der Waals surface area contributed by atoms with E-state index in [0.717, 1.165) is 49.4 Å². The van der Waals surface area contributed by atoms with Gasteiger partial charge in [-0.3, -0.25) is 9.69 Å². The quantitative estimate of drug-likeness (QED) is 0.125. The summed E-state index contributed by atoms with van der Waals surface area (Å²) in [4.78, 5) is 21.4. The Balaban J connectivity index is 0.910. The maximum absolute atomic E-state index is 13.1. The zero-order valence-corrected chi connectivity index (χ0v) is 28.2. The molecule has 0 saturated carbocycles. The molecule has 1 N–H and O–H groups in total. The second kappa shape index (κ2) is 16.9. The van der Waals surface area contributed by atoms with Gasteiger partial charge >= 0.3 is 0 Å². The van der Waals surface area contributed by atoms with Crippen LogP contribution in [0.3, 0.4) is 0 Å². The molecule has 10 heteroatoms. The first-order chi connectivity index (χ1) is 24.4.